The highest BCUT2D eigenvalue weighted by atomic mass is 16.2. The Bertz CT molecular complexity index is 769. The van der Waals surface area contributed by atoms with Crippen molar-refractivity contribution in [3.63, 3.8) is 0 Å². The molecule has 0 bridgehead atoms. The highest BCUT2D eigenvalue weighted by Gasteiger charge is 2.42. The fraction of sp³-hybridized carbons (Fsp3) is 0.458. The normalized spacial score (nSPS) is 22.2. The minimum atomic E-state index is 0.0313. The van der Waals surface area contributed by atoms with E-state index in [9.17, 15) is 4.79 Å². The summed E-state index contributed by atoms with van der Waals surface area (Å²) >= 11 is 0. The first kappa shape index (κ1) is 19.0. The largest absolute Gasteiger partial charge is 0.324 e. The SMILES string of the molecule is CCN1CC(c2ccccc2)CC2(CCN(C(=O)Nc3ccccc3)CC2)C1. The lowest BCUT2D eigenvalue weighted by Crippen LogP contribution is -2.53. The highest BCUT2D eigenvalue weighted by molar-refractivity contribution is 5.89. The van der Waals surface area contributed by atoms with Crippen LogP contribution in [0.2, 0.25) is 0 Å². The van der Waals surface area contributed by atoms with Crippen molar-refractivity contribution in [2.75, 3.05) is 38.0 Å². The summed E-state index contributed by atoms with van der Waals surface area (Å²) in [5.74, 6) is 0.597. The predicted octanol–water partition coefficient (Wildman–Crippen LogP) is 4.81. The number of hydrogen-bond donors (Lipinski definition) is 1. The van der Waals surface area contributed by atoms with Gasteiger partial charge in [-0.25, -0.2) is 4.79 Å². The number of benzene rings is 2. The standard InChI is InChI=1S/C24H31N3O/c1-2-26-18-21(20-9-5-3-6-10-20)17-24(19-26)13-15-27(16-14-24)23(28)25-22-11-7-4-8-12-22/h3-12,21H,2,13-19H2,1H3,(H,25,28). The first-order valence-electron chi connectivity index (χ1n) is 10.6. The summed E-state index contributed by atoms with van der Waals surface area (Å²) in [5, 5.41) is 3.03. The molecule has 0 aromatic heterocycles. The Labute approximate surface area is 168 Å². The van der Waals surface area contributed by atoms with Crippen molar-refractivity contribution in [1.29, 1.82) is 0 Å². The van der Waals surface area contributed by atoms with Crippen LogP contribution >= 0.6 is 0 Å². The number of rotatable bonds is 3. The predicted molar refractivity (Wildman–Crippen MR) is 115 cm³/mol. The topological polar surface area (TPSA) is 35.6 Å². The fourth-order valence-electron chi connectivity index (χ4n) is 4.96. The molecule has 2 aliphatic heterocycles. The van der Waals surface area contributed by atoms with Crippen molar-refractivity contribution in [3.8, 4) is 0 Å². The van der Waals surface area contributed by atoms with E-state index in [1.807, 2.05) is 35.2 Å². The zero-order chi connectivity index (χ0) is 19.4. The molecule has 0 saturated carbocycles. The van der Waals surface area contributed by atoms with Crippen LogP contribution in [-0.2, 0) is 0 Å². The third kappa shape index (κ3) is 4.22. The lowest BCUT2D eigenvalue weighted by molar-refractivity contribution is 0.0265. The Morgan fingerprint density at radius 3 is 2.32 bits per heavy atom. The summed E-state index contributed by atoms with van der Waals surface area (Å²) in [7, 11) is 0. The molecule has 1 spiro atoms. The summed E-state index contributed by atoms with van der Waals surface area (Å²) < 4.78 is 0. The maximum atomic E-state index is 12.6. The Kier molecular flexibility index (Phi) is 5.67. The minimum absolute atomic E-state index is 0.0313. The first-order chi connectivity index (χ1) is 13.7. The van der Waals surface area contributed by atoms with Gasteiger partial charge < -0.3 is 15.1 Å². The summed E-state index contributed by atoms with van der Waals surface area (Å²) in [6.45, 7) is 7.38. The lowest BCUT2D eigenvalue weighted by Gasteiger charge is -2.50. The van der Waals surface area contributed by atoms with Crippen LogP contribution < -0.4 is 5.32 Å². The third-order valence-electron chi connectivity index (χ3n) is 6.57. The minimum Gasteiger partial charge on any atom is -0.324 e. The molecule has 4 heteroatoms. The van der Waals surface area contributed by atoms with Crippen LogP contribution in [0.15, 0.2) is 60.7 Å². The summed E-state index contributed by atoms with van der Waals surface area (Å²) in [4.78, 5) is 17.2. The molecular weight excluding hydrogens is 346 g/mol. The van der Waals surface area contributed by atoms with Gasteiger partial charge in [0.15, 0.2) is 0 Å². The van der Waals surface area contributed by atoms with Crippen molar-refractivity contribution in [3.05, 3.63) is 66.2 Å². The number of urea groups is 1. The number of piperidine rings is 2. The van der Waals surface area contributed by atoms with Gasteiger partial charge in [0, 0.05) is 31.9 Å². The Balaban J connectivity index is 1.41. The molecule has 1 unspecified atom stereocenters. The molecule has 2 heterocycles. The average molecular weight is 378 g/mol. The van der Waals surface area contributed by atoms with Crippen molar-refractivity contribution >= 4 is 11.7 Å². The van der Waals surface area contributed by atoms with Gasteiger partial charge in [0.1, 0.15) is 0 Å². The van der Waals surface area contributed by atoms with Gasteiger partial charge >= 0.3 is 6.03 Å². The zero-order valence-corrected chi connectivity index (χ0v) is 16.8. The molecule has 148 valence electrons. The molecule has 28 heavy (non-hydrogen) atoms. The summed E-state index contributed by atoms with van der Waals surface area (Å²) in [5.41, 5.74) is 2.66. The van der Waals surface area contributed by atoms with Crippen molar-refractivity contribution in [2.24, 2.45) is 5.41 Å². The Morgan fingerprint density at radius 1 is 1.04 bits per heavy atom. The molecular formula is C24H31N3O. The highest BCUT2D eigenvalue weighted by Crippen LogP contribution is 2.45. The van der Waals surface area contributed by atoms with Gasteiger partial charge in [0.05, 0.1) is 0 Å². The van der Waals surface area contributed by atoms with Gasteiger partial charge in [-0.1, -0.05) is 55.5 Å². The van der Waals surface area contributed by atoms with E-state index in [1.165, 1.54) is 18.5 Å². The summed E-state index contributed by atoms with van der Waals surface area (Å²) in [6.07, 6.45) is 3.42. The van der Waals surface area contributed by atoms with E-state index in [0.717, 1.165) is 44.7 Å². The molecule has 0 aliphatic carbocycles. The van der Waals surface area contributed by atoms with E-state index in [4.69, 9.17) is 0 Å². The van der Waals surface area contributed by atoms with Gasteiger partial charge in [-0.05, 0) is 54.8 Å². The molecule has 1 N–H and O–H groups in total. The van der Waals surface area contributed by atoms with Crippen LogP contribution in [0.4, 0.5) is 10.5 Å². The molecule has 2 aliphatic rings. The molecule has 4 rings (SSSR count). The van der Waals surface area contributed by atoms with E-state index < -0.39 is 0 Å². The molecule has 2 fully saturated rings. The molecule has 0 radical (unpaired) electrons. The second-order valence-corrected chi connectivity index (χ2v) is 8.42. The Morgan fingerprint density at radius 2 is 1.68 bits per heavy atom. The number of amides is 2. The van der Waals surface area contributed by atoms with E-state index in [0.29, 0.717) is 11.3 Å². The molecule has 4 nitrogen and oxygen atoms in total. The van der Waals surface area contributed by atoms with Gasteiger partial charge in [-0.15, -0.1) is 0 Å². The fourth-order valence-corrected chi connectivity index (χ4v) is 4.96. The number of carbonyl (C=O) groups excluding carboxylic acids is 1. The molecule has 2 saturated heterocycles. The quantitative estimate of drug-likeness (QED) is 0.833. The number of likely N-dealkylation sites (N-methyl/N-ethyl adjacent to an activating group) is 1. The second kappa shape index (κ2) is 8.36. The zero-order valence-electron chi connectivity index (χ0n) is 16.8. The van der Waals surface area contributed by atoms with Gasteiger partial charge in [0.25, 0.3) is 0 Å². The first-order valence-corrected chi connectivity index (χ1v) is 10.6. The van der Waals surface area contributed by atoms with Crippen LogP contribution in [-0.4, -0.2) is 48.6 Å². The molecule has 2 aromatic rings. The number of para-hydroxylation sites is 1. The van der Waals surface area contributed by atoms with E-state index in [1.54, 1.807) is 0 Å². The van der Waals surface area contributed by atoms with Crippen molar-refractivity contribution in [1.82, 2.24) is 9.80 Å². The Hall–Kier alpha value is -2.33. The van der Waals surface area contributed by atoms with Crippen molar-refractivity contribution in [2.45, 2.75) is 32.1 Å². The second-order valence-electron chi connectivity index (χ2n) is 8.42. The molecule has 1 atom stereocenters. The molecule has 2 aromatic carbocycles. The van der Waals surface area contributed by atoms with Gasteiger partial charge in [0.2, 0.25) is 0 Å². The van der Waals surface area contributed by atoms with Crippen LogP contribution in [0.5, 0.6) is 0 Å². The number of carbonyl (C=O) groups is 1. The maximum absolute atomic E-state index is 12.6. The number of anilines is 1. The van der Waals surface area contributed by atoms with Gasteiger partial charge in [-0.3, -0.25) is 0 Å². The number of hydrogen-bond acceptors (Lipinski definition) is 2. The van der Waals surface area contributed by atoms with E-state index >= 15 is 0 Å². The van der Waals surface area contributed by atoms with Crippen LogP contribution in [0, 0.1) is 5.41 Å². The van der Waals surface area contributed by atoms with E-state index in [2.05, 4.69) is 47.5 Å². The number of nitrogens with one attached hydrogen (secondary N) is 1. The van der Waals surface area contributed by atoms with E-state index in [-0.39, 0.29) is 6.03 Å². The summed E-state index contributed by atoms with van der Waals surface area (Å²) in [6, 6.07) is 20.7. The van der Waals surface area contributed by atoms with Crippen molar-refractivity contribution < 1.29 is 4.79 Å². The maximum Gasteiger partial charge on any atom is 0.321 e. The average Bonchev–Trinajstić information content (AvgIpc) is 2.75. The lowest BCUT2D eigenvalue weighted by atomic mass is 9.68. The number of likely N-dealkylation sites (tertiary alicyclic amines) is 2. The smallest absolute Gasteiger partial charge is 0.321 e. The van der Waals surface area contributed by atoms with Crippen LogP contribution in [0.3, 0.4) is 0 Å². The van der Waals surface area contributed by atoms with Crippen LogP contribution in [0.25, 0.3) is 0 Å². The molecule has 2 amide bonds. The van der Waals surface area contributed by atoms with Crippen LogP contribution in [0.1, 0.15) is 37.7 Å². The number of nitrogens with zero attached hydrogens (tertiary/aromatic N) is 2. The third-order valence-corrected chi connectivity index (χ3v) is 6.57. The monoisotopic (exact) mass is 377 g/mol. The van der Waals surface area contributed by atoms with Gasteiger partial charge in [-0.2, -0.15) is 0 Å².